The van der Waals surface area contributed by atoms with Crippen LogP contribution in [0.4, 0.5) is 5.82 Å². The van der Waals surface area contributed by atoms with Crippen molar-refractivity contribution in [2.75, 3.05) is 5.32 Å². The van der Waals surface area contributed by atoms with Crippen molar-refractivity contribution < 1.29 is 4.79 Å². The van der Waals surface area contributed by atoms with Crippen molar-refractivity contribution in [1.82, 2.24) is 9.97 Å². The first-order valence-corrected chi connectivity index (χ1v) is 4.00. The highest BCUT2D eigenvalue weighted by atomic mass is 16.1. The van der Waals surface area contributed by atoms with Crippen LogP contribution in [0.25, 0.3) is 0 Å². The van der Waals surface area contributed by atoms with Gasteiger partial charge in [0.2, 0.25) is 5.91 Å². The number of carbonyl (C=O) groups excluding carboxylic acids is 1. The molecule has 4 nitrogen and oxygen atoms in total. The molecule has 0 aliphatic rings. The first-order chi connectivity index (χ1) is 6.26. The van der Waals surface area contributed by atoms with Crippen LogP contribution in [0.5, 0.6) is 0 Å². The molecule has 0 spiro atoms. The third-order valence-electron chi connectivity index (χ3n) is 1.50. The Balaban J connectivity index is 2.69. The molecular formula is C9H11N3O. The molecule has 0 aliphatic carbocycles. The van der Waals surface area contributed by atoms with E-state index in [0.29, 0.717) is 5.82 Å². The van der Waals surface area contributed by atoms with Crippen LogP contribution in [0.15, 0.2) is 25.0 Å². The summed E-state index contributed by atoms with van der Waals surface area (Å²) in [6, 6.07) is 0. The van der Waals surface area contributed by atoms with E-state index in [1.54, 1.807) is 6.20 Å². The molecule has 0 fully saturated rings. The molecule has 4 heteroatoms. The lowest BCUT2D eigenvalue weighted by Gasteiger charge is -2.00. The first kappa shape index (κ1) is 9.38. The van der Waals surface area contributed by atoms with Gasteiger partial charge in [0.25, 0.3) is 0 Å². The van der Waals surface area contributed by atoms with E-state index in [1.165, 1.54) is 12.3 Å². The number of amides is 1. The molecule has 1 heterocycles. The van der Waals surface area contributed by atoms with Gasteiger partial charge in [-0.2, -0.15) is 0 Å². The number of nitrogens with zero attached hydrogens (tertiary/aromatic N) is 2. The zero-order valence-corrected chi connectivity index (χ0v) is 7.45. The minimum Gasteiger partial charge on any atom is -0.306 e. The summed E-state index contributed by atoms with van der Waals surface area (Å²) in [6.45, 7) is 5.32. The predicted molar refractivity (Wildman–Crippen MR) is 50.2 cm³/mol. The molecule has 0 bridgehead atoms. The zero-order chi connectivity index (χ0) is 9.68. The number of carbonyl (C=O) groups is 1. The highest BCUT2D eigenvalue weighted by molar-refractivity contribution is 5.98. The Morgan fingerprint density at radius 1 is 1.62 bits per heavy atom. The quantitative estimate of drug-likeness (QED) is 0.705. The second-order valence-electron chi connectivity index (χ2n) is 2.44. The minimum absolute atomic E-state index is 0.279. The summed E-state index contributed by atoms with van der Waals surface area (Å²) in [4.78, 5) is 18.9. The Morgan fingerprint density at radius 3 is 2.85 bits per heavy atom. The summed E-state index contributed by atoms with van der Waals surface area (Å²) in [5.74, 6) is 0.167. The van der Waals surface area contributed by atoms with Crippen LogP contribution in [0.1, 0.15) is 12.6 Å². The van der Waals surface area contributed by atoms with E-state index in [1.807, 2.05) is 6.92 Å². The van der Waals surface area contributed by atoms with Crippen molar-refractivity contribution in [2.24, 2.45) is 0 Å². The Hall–Kier alpha value is -1.71. The molecule has 1 rings (SSSR count). The fraction of sp³-hybridized carbons (Fsp3) is 0.222. The topological polar surface area (TPSA) is 54.9 Å². The molecule has 1 amide bonds. The molecule has 1 aromatic heterocycles. The lowest BCUT2D eigenvalue weighted by Crippen LogP contribution is -2.09. The van der Waals surface area contributed by atoms with Gasteiger partial charge in [0, 0.05) is 0 Å². The van der Waals surface area contributed by atoms with E-state index >= 15 is 0 Å². The lowest BCUT2D eigenvalue weighted by atomic mass is 10.3. The Bertz CT molecular complexity index is 305. The van der Waals surface area contributed by atoms with E-state index in [2.05, 4.69) is 21.9 Å². The summed E-state index contributed by atoms with van der Waals surface area (Å²) in [5, 5.41) is 2.51. The molecule has 0 aromatic carbocycles. The largest absolute Gasteiger partial charge is 0.306 e. The standard InChI is InChI=1S/C9H11N3O/c1-3-7-5-11-8(6-10-7)12-9(13)4-2/h4-6H,2-3H2,1H3,(H,11,12,13). The minimum atomic E-state index is -0.279. The predicted octanol–water partition coefficient (Wildman–Crippen LogP) is 1.16. The van der Waals surface area contributed by atoms with Gasteiger partial charge in [-0.05, 0) is 12.5 Å². The van der Waals surface area contributed by atoms with Gasteiger partial charge in [0.15, 0.2) is 5.82 Å². The maximum atomic E-state index is 10.8. The van der Waals surface area contributed by atoms with Crippen LogP contribution in [0.2, 0.25) is 0 Å². The van der Waals surface area contributed by atoms with Crippen molar-refractivity contribution >= 4 is 11.7 Å². The number of hydrogen-bond acceptors (Lipinski definition) is 3. The highest BCUT2D eigenvalue weighted by Gasteiger charge is 1.98. The third-order valence-corrected chi connectivity index (χ3v) is 1.50. The number of aryl methyl sites for hydroxylation is 1. The lowest BCUT2D eigenvalue weighted by molar-refractivity contribution is -0.111. The van der Waals surface area contributed by atoms with Crippen LogP contribution in [-0.4, -0.2) is 15.9 Å². The van der Waals surface area contributed by atoms with Gasteiger partial charge in [0.1, 0.15) is 0 Å². The second-order valence-corrected chi connectivity index (χ2v) is 2.44. The summed E-state index contributed by atoms with van der Waals surface area (Å²) in [6.07, 6.45) is 5.19. The number of aromatic nitrogens is 2. The van der Waals surface area contributed by atoms with E-state index in [4.69, 9.17) is 0 Å². The van der Waals surface area contributed by atoms with Gasteiger partial charge in [0.05, 0.1) is 18.1 Å². The number of nitrogens with one attached hydrogen (secondary N) is 1. The average molecular weight is 177 g/mol. The van der Waals surface area contributed by atoms with E-state index in [-0.39, 0.29) is 5.91 Å². The average Bonchev–Trinajstić information content (AvgIpc) is 2.19. The summed E-state index contributed by atoms with van der Waals surface area (Å²) in [7, 11) is 0. The van der Waals surface area contributed by atoms with E-state index in [0.717, 1.165) is 12.1 Å². The molecule has 0 saturated carbocycles. The molecule has 0 unspecified atom stereocenters. The molecule has 0 aliphatic heterocycles. The maximum Gasteiger partial charge on any atom is 0.248 e. The van der Waals surface area contributed by atoms with Crippen molar-refractivity contribution in [3.63, 3.8) is 0 Å². The number of rotatable bonds is 3. The summed E-state index contributed by atoms with van der Waals surface area (Å²) in [5.41, 5.74) is 0.900. The Kier molecular flexibility index (Phi) is 3.14. The fourth-order valence-corrected chi connectivity index (χ4v) is 0.779. The monoisotopic (exact) mass is 177 g/mol. The molecule has 0 radical (unpaired) electrons. The smallest absolute Gasteiger partial charge is 0.248 e. The molecule has 1 N–H and O–H groups in total. The van der Waals surface area contributed by atoms with Crippen molar-refractivity contribution in [3.8, 4) is 0 Å². The molecule has 0 atom stereocenters. The maximum absolute atomic E-state index is 10.8. The first-order valence-electron chi connectivity index (χ1n) is 4.00. The van der Waals surface area contributed by atoms with Gasteiger partial charge in [-0.25, -0.2) is 4.98 Å². The third kappa shape index (κ3) is 2.66. The normalized spacial score (nSPS) is 9.31. The van der Waals surface area contributed by atoms with Crippen molar-refractivity contribution in [2.45, 2.75) is 13.3 Å². The van der Waals surface area contributed by atoms with Crippen LogP contribution in [-0.2, 0) is 11.2 Å². The molecule has 68 valence electrons. The SMILES string of the molecule is C=CC(=O)Nc1cnc(CC)cn1. The van der Waals surface area contributed by atoms with Gasteiger partial charge < -0.3 is 5.32 Å². The van der Waals surface area contributed by atoms with Gasteiger partial charge in [-0.1, -0.05) is 13.5 Å². The van der Waals surface area contributed by atoms with Crippen molar-refractivity contribution in [1.29, 1.82) is 0 Å². The second kappa shape index (κ2) is 4.35. The Labute approximate surface area is 76.7 Å². The van der Waals surface area contributed by atoms with Crippen molar-refractivity contribution in [3.05, 3.63) is 30.7 Å². The highest BCUT2D eigenvalue weighted by Crippen LogP contribution is 2.00. The molecular weight excluding hydrogens is 166 g/mol. The number of hydrogen-bond donors (Lipinski definition) is 1. The summed E-state index contributed by atoms with van der Waals surface area (Å²) >= 11 is 0. The van der Waals surface area contributed by atoms with Crippen LogP contribution in [0.3, 0.4) is 0 Å². The van der Waals surface area contributed by atoms with Crippen LogP contribution < -0.4 is 5.32 Å². The fourth-order valence-electron chi connectivity index (χ4n) is 0.779. The molecule has 13 heavy (non-hydrogen) atoms. The number of anilines is 1. The summed E-state index contributed by atoms with van der Waals surface area (Å²) < 4.78 is 0. The van der Waals surface area contributed by atoms with E-state index < -0.39 is 0 Å². The van der Waals surface area contributed by atoms with Gasteiger partial charge >= 0.3 is 0 Å². The molecule has 1 aromatic rings. The van der Waals surface area contributed by atoms with Crippen LogP contribution in [0, 0.1) is 0 Å². The molecule has 0 saturated heterocycles. The zero-order valence-electron chi connectivity index (χ0n) is 7.45. The Morgan fingerprint density at radius 2 is 2.38 bits per heavy atom. The van der Waals surface area contributed by atoms with E-state index in [9.17, 15) is 4.79 Å². The van der Waals surface area contributed by atoms with Gasteiger partial charge in [-0.15, -0.1) is 0 Å². The van der Waals surface area contributed by atoms with Crippen LogP contribution >= 0.6 is 0 Å². The van der Waals surface area contributed by atoms with Gasteiger partial charge in [-0.3, -0.25) is 9.78 Å².